The Balaban J connectivity index is 3.48. The molecule has 0 heterocycles. The van der Waals surface area contributed by atoms with Gasteiger partial charge in [-0.2, -0.15) is 0 Å². The summed E-state index contributed by atoms with van der Waals surface area (Å²) in [7, 11) is 0. The van der Waals surface area contributed by atoms with Crippen LogP contribution in [0.3, 0.4) is 0 Å². The number of hydrogen-bond donors (Lipinski definition) is 3. The molecule has 0 aromatic rings. The Kier molecular flexibility index (Phi) is 4.32. The predicted octanol–water partition coefficient (Wildman–Crippen LogP) is 0.193. The molecule has 58 valence electrons. The predicted molar refractivity (Wildman–Crippen MR) is 36.9 cm³/mol. The van der Waals surface area contributed by atoms with Crippen molar-refractivity contribution < 1.29 is 15.0 Å². The summed E-state index contributed by atoms with van der Waals surface area (Å²) >= 11 is 0. The molecule has 0 rings (SSSR count). The molecule has 0 aliphatic heterocycles. The largest absolute Gasteiger partial charge is 0.465 e. The Labute approximate surface area is 59.2 Å². The Hall–Kier alpha value is -1.03. The van der Waals surface area contributed by atoms with E-state index in [1.165, 1.54) is 0 Å². The summed E-state index contributed by atoms with van der Waals surface area (Å²) < 4.78 is 0. The second-order valence-electron chi connectivity index (χ2n) is 1.89. The van der Waals surface area contributed by atoms with Crippen molar-refractivity contribution >= 4 is 6.09 Å². The SMILES string of the molecule is CC(=CCO)CNC(=O)O. The standard InChI is InChI=1S/C6H11NO3/c1-5(2-3-8)4-7-6(9)10/h2,7-8H,3-4H2,1H3,(H,9,10). The van der Waals surface area contributed by atoms with Crippen molar-refractivity contribution in [3.05, 3.63) is 11.6 Å². The fourth-order valence-electron chi connectivity index (χ4n) is 0.443. The van der Waals surface area contributed by atoms with Crippen molar-refractivity contribution in [2.24, 2.45) is 0 Å². The van der Waals surface area contributed by atoms with Crippen LogP contribution < -0.4 is 5.32 Å². The van der Waals surface area contributed by atoms with Crippen LogP contribution in [-0.4, -0.2) is 29.5 Å². The molecule has 0 saturated carbocycles. The van der Waals surface area contributed by atoms with Crippen LogP contribution in [-0.2, 0) is 0 Å². The highest BCUT2D eigenvalue weighted by Crippen LogP contribution is 1.87. The lowest BCUT2D eigenvalue weighted by atomic mass is 10.3. The van der Waals surface area contributed by atoms with Crippen LogP contribution in [0.1, 0.15) is 6.92 Å². The fraction of sp³-hybridized carbons (Fsp3) is 0.500. The zero-order chi connectivity index (χ0) is 7.98. The molecule has 10 heavy (non-hydrogen) atoms. The average molecular weight is 145 g/mol. The Morgan fingerprint density at radius 3 is 2.70 bits per heavy atom. The van der Waals surface area contributed by atoms with Crippen LogP contribution in [0.4, 0.5) is 4.79 Å². The highest BCUT2D eigenvalue weighted by atomic mass is 16.4. The first-order chi connectivity index (χ1) is 4.66. The molecule has 0 fully saturated rings. The number of aliphatic hydroxyl groups is 1. The van der Waals surface area contributed by atoms with Crippen LogP contribution in [0.2, 0.25) is 0 Å². The smallest absolute Gasteiger partial charge is 0.404 e. The van der Waals surface area contributed by atoms with E-state index in [1.54, 1.807) is 13.0 Å². The monoisotopic (exact) mass is 145 g/mol. The zero-order valence-electron chi connectivity index (χ0n) is 5.79. The normalized spacial score (nSPS) is 11.2. The Morgan fingerprint density at radius 1 is 1.70 bits per heavy atom. The third-order valence-electron chi connectivity index (χ3n) is 0.958. The summed E-state index contributed by atoms with van der Waals surface area (Å²) in [5.41, 5.74) is 0.810. The summed E-state index contributed by atoms with van der Waals surface area (Å²) in [4.78, 5) is 9.91. The number of amides is 1. The van der Waals surface area contributed by atoms with Gasteiger partial charge in [-0.1, -0.05) is 11.6 Å². The zero-order valence-corrected chi connectivity index (χ0v) is 5.79. The molecule has 1 amide bonds. The Morgan fingerprint density at radius 2 is 2.30 bits per heavy atom. The molecule has 0 unspecified atom stereocenters. The van der Waals surface area contributed by atoms with E-state index in [0.717, 1.165) is 5.57 Å². The first kappa shape index (κ1) is 8.97. The maximum absolute atomic E-state index is 9.91. The maximum Gasteiger partial charge on any atom is 0.404 e. The lowest BCUT2D eigenvalue weighted by Crippen LogP contribution is -2.22. The molecule has 0 aromatic carbocycles. The third-order valence-corrected chi connectivity index (χ3v) is 0.958. The van der Waals surface area contributed by atoms with Crippen LogP contribution in [0.25, 0.3) is 0 Å². The van der Waals surface area contributed by atoms with E-state index in [4.69, 9.17) is 10.2 Å². The molecule has 0 bridgehead atoms. The van der Waals surface area contributed by atoms with Gasteiger partial charge in [-0.15, -0.1) is 0 Å². The van der Waals surface area contributed by atoms with Crippen molar-refractivity contribution in [1.29, 1.82) is 0 Å². The number of rotatable bonds is 3. The minimum absolute atomic E-state index is 0.0485. The summed E-state index contributed by atoms with van der Waals surface area (Å²) in [5, 5.41) is 18.6. The lowest BCUT2D eigenvalue weighted by Gasteiger charge is -1.98. The van der Waals surface area contributed by atoms with E-state index in [2.05, 4.69) is 5.32 Å². The molecule has 0 saturated heterocycles. The first-order valence-electron chi connectivity index (χ1n) is 2.90. The van der Waals surface area contributed by atoms with Gasteiger partial charge in [0.2, 0.25) is 0 Å². The summed E-state index contributed by atoms with van der Waals surface area (Å²) in [6, 6.07) is 0. The maximum atomic E-state index is 9.91. The minimum Gasteiger partial charge on any atom is -0.465 e. The summed E-state index contributed by atoms with van der Waals surface area (Å²) in [6.45, 7) is 1.97. The van der Waals surface area contributed by atoms with E-state index >= 15 is 0 Å². The summed E-state index contributed by atoms with van der Waals surface area (Å²) in [6.07, 6.45) is 0.501. The van der Waals surface area contributed by atoms with E-state index in [1.807, 2.05) is 0 Å². The van der Waals surface area contributed by atoms with E-state index in [9.17, 15) is 4.79 Å². The number of nitrogens with one attached hydrogen (secondary N) is 1. The average Bonchev–Trinajstić information content (AvgIpc) is 1.85. The first-order valence-corrected chi connectivity index (χ1v) is 2.90. The topological polar surface area (TPSA) is 69.6 Å². The van der Waals surface area contributed by atoms with Crippen LogP contribution in [0.5, 0.6) is 0 Å². The van der Waals surface area contributed by atoms with Crippen molar-refractivity contribution in [3.8, 4) is 0 Å². The van der Waals surface area contributed by atoms with Crippen molar-refractivity contribution in [2.45, 2.75) is 6.92 Å². The quantitative estimate of drug-likeness (QED) is 0.496. The van der Waals surface area contributed by atoms with Gasteiger partial charge >= 0.3 is 6.09 Å². The van der Waals surface area contributed by atoms with Gasteiger partial charge in [-0.05, 0) is 6.92 Å². The van der Waals surface area contributed by atoms with E-state index in [0.29, 0.717) is 0 Å². The van der Waals surface area contributed by atoms with Crippen molar-refractivity contribution in [3.63, 3.8) is 0 Å². The summed E-state index contributed by atoms with van der Waals surface area (Å²) in [5.74, 6) is 0. The number of hydrogen-bond acceptors (Lipinski definition) is 2. The van der Waals surface area contributed by atoms with Crippen molar-refractivity contribution in [2.75, 3.05) is 13.2 Å². The molecular formula is C6H11NO3. The highest BCUT2D eigenvalue weighted by Gasteiger charge is 1.92. The molecule has 0 aliphatic rings. The minimum atomic E-state index is -1.05. The van der Waals surface area contributed by atoms with E-state index < -0.39 is 6.09 Å². The van der Waals surface area contributed by atoms with Gasteiger partial charge in [-0.3, -0.25) is 0 Å². The highest BCUT2D eigenvalue weighted by molar-refractivity contribution is 5.64. The van der Waals surface area contributed by atoms with E-state index in [-0.39, 0.29) is 13.2 Å². The van der Waals surface area contributed by atoms with Gasteiger partial charge in [0.1, 0.15) is 0 Å². The number of aliphatic hydroxyl groups excluding tert-OH is 1. The van der Waals surface area contributed by atoms with Gasteiger partial charge in [0.25, 0.3) is 0 Å². The Bertz CT molecular complexity index is 142. The molecule has 4 heteroatoms. The molecule has 3 N–H and O–H groups in total. The number of carbonyl (C=O) groups is 1. The lowest BCUT2D eigenvalue weighted by molar-refractivity contribution is 0.195. The van der Waals surface area contributed by atoms with Gasteiger partial charge in [0.05, 0.1) is 6.61 Å². The second kappa shape index (κ2) is 4.81. The molecule has 0 radical (unpaired) electrons. The molecule has 0 aliphatic carbocycles. The van der Waals surface area contributed by atoms with Crippen LogP contribution in [0.15, 0.2) is 11.6 Å². The molecule has 0 aromatic heterocycles. The van der Waals surface area contributed by atoms with Gasteiger partial charge in [0.15, 0.2) is 0 Å². The molecule has 0 atom stereocenters. The van der Waals surface area contributed by atoms with Gasteiger partial charge in [-0.25, -0.2) is 4.79 Å². The fourth-order valence-corrected chi connectivity index (χ4v) is 0.443. The molecule has 4 nitrogen and oxygen atoms in total. The van der Waals surface area contributed by atoms with Gasteiger partial charge < -0.3 is 15.5 Å². The second-order valence-corrected chi connectivity index (χ2v) is 1.89. The number of carboxylic acid groups (broad SMARTS) is 1. The van der Waals surface area contributed by atoms with Crippen LogP contribution in [0, 0.1) is 0 Å². The third kappa shape index (κ3) is 5.11. The van der Waals surface area contributed by atoms with Gasteiger partial charge in [0, 0.05) is 6.54 Å². The molecule has 0 spiro atoms. The van der Waals surface area contributed by atoms with Crippen LogP contribution >= 0.6 is 0 Å². The molecular weight excluding hydrogens is 134 g/mol. The van der Waals surface area contributed by atoms with Crippen molar-refractivity contribution in [1.82, 2.24) is 5.32 Å².